The van der Waals surface area contributed by atoms with Crippen molar-refractivity contribution >= 4 is 11.6 Å². The topological polar surface area (TPSA) is 30.5 Å². The van der Waals surface area contributed by atoms with Gasteiger partial charge in [-0.25, -0.2) is 4.39 Å². The molecular formula is C14H21ClFNO2. The molecule has 0 aliphatic rings. The Bertz CT molecular complexity index is 386. The minimum atomic E-state index is -0.403. The van der Waals surface area contributed by atoms with Crippen molar-refractivity contribution in [3.05, 3.63) is 34.6 Å². The molecule has 0 radical (unpaired) electrons. The first kappa shape index (κ1) is 16.4. The molecule has 0 saturated heterocycles. The van der Waals surface area contributed by atoms with Crippen LogP contribution in [0.5, 0.6) is 0 Å². The van der Waals surface area contributed by atoms with E-state index >= 15 is 0 Å². The molecule has 0 aliphatic carbocycles. The van der Waals surface area contributed by atoms with Gasteiger partial charge < -0.3 is 14.8 Å². The first-order valence-electron chi connectivity index (χ1n) is 6.35. The van der Waals surface area contributed by atoms with E-state index in [9.17, 15) is 4.39 Å². The zero-order chi connectivity index (χ0) is 14.3. The monoisotopic (exact) mass is 289 g/mol. The van der Waals surface area contributed by atoms with Crippen molar-refractivity contribution in [3.63, 3.8) is 0 Å². The van der Waals surface area contributed by atoms with E-state index in [1.165, 1.54) is 6.07 Å². The van der Waals surface area contributed by atoms with E-state index in [-0.39, 0.29) is 11.1 Å². The summed E-state index contributed by atoms with van der Waals surface area (Å²) in [5.41, 5.74) is 0.745. The van der Waals surface area contributed by atoms with Gasteiger partial charge in [-0.3, -0.25) is 0 Å². The molecule has 108 valence electrons. The first-order chi connectivity index (χ1) is 9.13. The van der Waals surface area contributed by atoms with E-state index in [0.29, 0.717) is 6.42 Å². The highest BCUT2D eigenvalue weighted by atomic mass is 35.5. The van der Waals surface area contributed by atoms with Gasteiger partial charge in [-0.05, 0) is 31.0 Å². The van der Waals surface area contributed by atoms with Gasteiger partial charge in [-0.15, -0.1) is 0 Å². The Labute approximate surface area is 119 Å². The maximum absolute atomic E-state index is 13.4. The van der Waals surface area contributed by atoms with Gasteiger partial charge in [0.05, 0.1) is 11.1 Å². The van der Waals surface area contributed by atoms with Crippen molar-refractivity contribution in [3.8, 4) is 0 Å². The average Bonchev–Trinajstić information content (AvgIpc) is 2.42. The fourth-order valence-electron chi connectivity index (χ4n) is 1.96. The second-order valence-electron chi connectivity index (χ2n) is 4.32. The Morgan fingerprint density at radius 2 is 2.00 bits per heavy atom. The van der Waals surface area contributed by atoms with E-state index < -0.39 is 12.1 Å². The maximum atomic E-state index is 13.4. The number of hydrogen-bond acceptors (Lipinski definition) is 3. The number of nitrogens with one attached hydrogen (secondary N) is 1. The third kappa shape index (κ3) is 4.73. The quantitative estimate of drug-likeness (QED) is 0.746. The molecule has 1 atom stereocenters. The number of methoxy groups -OCH3 is 2. The van der Waals surface area contributed by atoms with Crippen LogP contribution in [0.15, 0.2) is 18.2 Å². The molecule has 0 bridgehead atoms. The highest BCUT2D eigenvalue weighted by Crippen LogP contribution is 2.22. The maximum Gasteiger partial charge on any atom is 0.172 e. The lowest BCUT2D eigenvalue weighted by molar-refractivity contribution is -0.122. The van der Waals surface area contributed by atoms with Crippen molar-refractivity contribution in [2.75, 3.05) is 20.8 Å². The van der Waals surface area contributed by atoms with Gasteiger partial charge >= 0.3 is 0 Å². The van der Waals surface area contributed by atoms with Crippen LogP contribution < -0.4 is 5.32 Å². The molecule has 1 unspecified atom stereocenters. The minimum absolute atomic E-state index is 0.0748. The van der Waals surface area contributed by atoms with Gasteiger partial charge in [0.1, 0.15) is 5.82 Å². The van der Waals surface area contributed by atoms with Gasteiger partial charge in [-0.2, -0.15) is 0 Å². The fourth-order valence-corrected chi connectivity index (χ4v) is 2.17. The molecule has 1 aromatic rings. The molecule has 0 aliphatic heterocycles. The predicted molar refractivity (Wildman–Crippen MR) is 75.0 cm³/mol. The summed E-state index contributed by atoms with van der Waals surface area (Å²) in [4.78, 5) is 0. The van der Waals surface area contributed by atoms with Crippen LogP contribution in [0.2, 0.25) is 5.02 Å². The summed E-state index contributed by atoms with van der Waals surface area (Å²) < 4.78 is 24.0. The van der Waals surface area contributed by atoms with E-state index in [1.807, 2.05) is 6.07 Å². The van der Waals surface area contributed by atoms with E-state index in [0.717, 1.165) is 18.5 Å². The molecule has 0 spiro atoms. The Hall–Kier alpha value is -0.680. The van der Waals surface area contributed by atoms with Crippen LogP contribution in [0.1, 0.15) is 18.9 Å². The predicted octanol–water partition coefficient (Wildman–Crippen LogP) is 3.01. The lowest BCUT2D eigenvalue weighted by Gasteiger charge is -2.26. The summed E-state index contributed by atoms with van der Waals surface area (Å²) >= 11 is 5.98. The molecule has 5 heteroatoms. The molecule has 0 aromatic heterocycles. The molecular weight excluding hydrogens is 269 g/mol. The molecule has 3 nitrogen and oxygen atoms in total. The van der Waals surface area contributed by atoms with Crippen LogP contribution >= 0.6 is 11.6 Å². The van der Waals surface area contributed by atoms with Crippen molar-refractivity contribution in [1.29, 1.82) is 0 Å². The molecule has 0 fully saturated rings. The van der Waals surface area contributed by atoms with Crippen LogP contribution in [-0.2, 0) is 15.9 Å². The summed E-state index contributed by atoms with van der Waals surface area (Å²) in [7, 11) is 3.17. The van der Waals surface area contributed by atoms with Crippen molar-refractivity contribution in [2.45, 2.75) is 32.1 Å². The number of halogens is 2. The van der Waals surface area contributed by atoms with Crippen LogP contribution in [0.25, 0.3) is 0 Å². The Morgan fingerprint density at radius 1 is 1.32 bits per heavy atom. The molecule has 1 aromatic carbocycles. The SMILES string of the molecule is CCCNC(Cc1cccc(F)c1Cl)C(OC)OC. The lowest BCUT2D eigenvalue weighted by atomic mass is 10.0. The third-order valence-corrected chi connectivity index (χ3v) is 3.34. The molecule has 19 heavy (non-hydrogen) atoms. The van der Waals surface area contributed by atoms with Crippen LogP contribution in [0.4, 0.5) is 4.39 Å². The number of benzene rings is 1. The summed E-state index contributed by atoms with van der Waals surface area (Å²) in [6.07, 6.45) is 1.14. The lowest BCUT2D eigenvalue weighted by Crippen LogP contribution is -2.44. The first-order valence-corrected chi connectivity index (χ1v) is 6.73. The second-order valence-corrected chi connectivity index (χ2v) is 4.70. The second kappa shape index (κ2) is 8.48. The minimum Gasteiger partial charge on any atom is -0.354 e. The number of ether oxygens (including phenoxy) is 2. The summed E-state index contributed by atoms with van der Waals surface area (Å²) in [6, 6.07) is 4.75. The van der Waals surface area contributed by atoms with Gasteiger partial charge in [0.25, 0.3) is 0 Å². The smallest absolute Gasteiger partial charge is 0.172 e. The number of hydrogen-bond donors (Lipinski definition) is 1. The van der Waals surface area contributed by atoms with Crippen LogP contribution in [0.3, 0.4) is 0 Å². The largest absolute Gasteiger partial charge is 0.354 e. The van der Waals surface area contributed by atoms with Crippen molar-refractivity contribution in [1.82, 2.24) is 5.32 Å². The van der Waals surface area contributed by atoms with E-state index in [1.54, 1.807) is 20.3 Å². The van der Waals surface area contributed by atoms with E-state index in [4.69, 9.17) is 21.1 Å². The highest BCUT2D eigenvalue weighted by Gasteiger charge is 2.22. The van der Waals surface area contributed by atoms with Crippen LogP contribution in [0, 0.1) is 5.82 Å². The van der Waals surface area contributed by atoms with Crippen LogP contribution in [-0.4, -0.2) is 33.1 Å². The Kier molecular flexibility index (Phi) is 7.31. The molecule has 0 heterocycles. The highest BCUT2D eigenvalue weighted by molar-refractivity contribution is 6.31. The van der Waals surface area contributed by atoms with Crippen molar-refractivity contribution < 1.29 is 13.9 Å². The third-order valence-electron chi connectivity index (χ3n) is 2.92. The molecule has 0 saturated carbocycles. The van der Waals surface area contributed by atoms with Gasteiger partial charge in [-0.1, -0.05) is 30.7 Å². The average molecular weight is 290 g/mol. The molecule has 0 amide bonds. The normalized spacial score (nSPS) is 12.9. The van der Waals surface area contributed by atoms with Gasteiger partial charge in [0.2, 0.25) is 0 Å². The Balaban J connectivity index is 2.83. The summed E-state index contributed by atoms with van der Waals surface area (Å²) in [5.74, 6) is -0.403. The zero-order valence-electron chi connectivity index (χ0n) is 11.6. The summed E-state index contributed by atoms with van der Waals surface area (Å²) in [6.45, 7) is 2.91. The van der Waals surface area contributed by atoms with E-state index in [2.05, 4.69) is 12.2 Å². The van der Waals surface area contributed by atoms with Gasteiger partial charge in [0.15, 0.2) is 6.29 Å². The molecule has 1 rings (SSSR count). The zero-order valence-corrected chi connectivity index (χ0v) is 12.3. The summed E-state index contributed by atoms with van der Waals surface area (Å²) in [5, 5.41) is 3.50. The Morgan fingerprint density at radius 3 is 2.58 bits per heavy atom. The standard InChI is InChI=1S/C14H21ClFNO2/c1-4-8-17-12(14(18-2)19-3)9-10-6-5-7-11(16)13(10)15/h5-7,12,14,17H,4,8-9H2,1-3H3. The van der Waals surface area contributed by atoms with Gasteiger partial charge in [0, 0.05) is 14.2 Å². The molecule has 1 N–H and O–H groups in total. The number of rotatable bonds is 8. The fraction of sp³-hybridized carbons (Fsp3) is 0.571. The van der Waals surface area contributed by atoms with Crippen molar-refractivity contribution in [2.24, 2.45) is 0 Å².